The second-order valence-corrected chi connectivity index (χ2v) is 6.40. The predicted octanol–water partition coefficient (Wildman–Crippen LogP) is 2.37. The number of hydrogen-bond donors (Lipinski definition) is 1. The molecule has 0 spiro atoms. The van der Waals surface area contributed by atoms with Crippen molar-refractivity contribution >= 4 is 0 Å². The molecule has 0 aliphatic carbocycles. The fraction of sp³-hybridized carbons (Fsp3) is 1.00. The topological polar surface area (TPSA) is 24.5 Å². The average Bonchev–Trinajstić information content (AvgIpc) is 2.29. The van der Waals surface area contributed by atoms with Crippen LogP contribution in [0.3, 0.4) is 0 Å². The van der Waals surface area contributed by atoms with Crippen LogP contribution >= 0.6 is 0 Å². The Hall–Kier alpha value is -0.120. The van der Waals surface area contributed by atoms with Crippen molar-refractivity contribution < 1.29 is 4.74 Å². The zero-order chi connectivity index (χ0) is 13.5. The van der Waals surface area contributed by atoms with Crippen LogP contribution in [0.2, 0.25) is 0 Å². The molecule has 3 nitrogen and oxygen atoms in total. The van der Waals surface area contributed by atoms with E-state index in [1.807, 2.05) is 0 Å². The van der Waals surface area contributed by atoms with Crippen LogP contribution in [-0.4, -0.2) is 50.3 Å². The van der Waals surface area contributed by atoms with Gasteiger partial charge in [-0.2, -0.15) is 0 Å². The van der Waals surface area contributed by atoms with Crippen LogP contribution in [0.15, 0.2) is 0 Å². The molecule has 0 aromatic heterocycles. The zero-order valence-corrected chi connectivity index (χ0v) is 12.9. The summed E-state index contributed by atoms with van der Waals surface area (Å²) in [7, 11) is 2.27. The highest BCUT2D eigenvalue weighted by molar-refractivity contribution is 4.78. The van der Waals surface area contributed by atoms with Gasteiger partial charge in [0.05, 0.1) is 6.61 Å². The van der Waals surface area contributed by atoms with Gasteiger partial charge in [-0.1, -0.05) is 27.7 Å². The summed E-state index contributed by atoms with van der Waals surface area (Å²) in [6.45, 7) is 13.2. The molecule has 18 heavy (non-hydrogen) atoms. The fourth-order valence-corrected chi connectivity index (χ4v) is 2.75. The minimum absolute atomic E-state index is 0.567. The molecule has 1 saturated heterocycles. The monoisotopic (exact) mass is 256 g/mol. The van der Waals surface area contributed by atoms with Gasteiger partial charge in [0.1, 0.15) is 0 Å². The van der Waals surface area contributed by atoms with Gasteiger partial charge in [0.15, 0.2) is 0 Å². The lowest BCUT2D eigenvalue weighted by molar-refractivity contribution is 0.0322. The maximum absolute atomic E-state index is 5.58. The molecule has 2 atom stereocenters. The Balaban J connectivity index is 2.39. The molecule has 0 saturated carbocycles. The molecule has 0 aromatic rings. The molecule has 1 fully saturated rings. The van der Waals surface area contributed by atoms with Crippen LogP contribution in [0.1, 0.15) is 40.5 Å². The minimum Gasteiger partial charge on any atom is -0.381 e. The van der Waals surface area contributed by atoms with Crippen molar-refractivity contribution in [1.29, 1.82) is 0 Å². The molecule has 1 rings (SSSR count). The van der Waals surface area contributed by atoms with Crippen molar-refractivity contribution in [2.45, 2.75) is 52.6 Å². The first kappa shape index (κ1) is 15.9. The first-order valence-electron chi connectivity index (χ1n) is 7.52. The lowest BCUT2D eigenvalue weighted by atomic mass is 9.98. The van der Waals surface area contributed by atoms with Crippen LogP contribution in [0.4, 0.5) is 0 Å². The van der Waals surface area contributed by atoms with E-state index in [1.54, 1.807) is 0 Å². The van der Waals surface area contributed by atoms with Crippen molar-refractivity contribution in [1.82, 2.24) is 10.2 Å². The van der Waals surface area contributed by atoms with E-state index in [0.717, 1.165) is 25.7 Å². The third-order valence-electron chi connectivity index (χ3n) is 3.87. The minimum atomic E-state index is 0.567. The van der Waals surface area contributed by atoms with E-state index < -0.39 is 0 Å². The van der Waals surface area contributed by atoms with Gasteiger partial charge in [-0.15, -0.1) is 0 Å². The summed E-state index contributed by atoms with van der Waals surface area (Å²) in [5.74, 6) is 1.41. The molecular weight excluding hydrogens is 224 g/mol. The van der Waals surface area contributed by atoms with Crippen LogP contribution < -0.4 is 5.32 Å². The van der Waals surface area contributed by atoms with E-state index >= 15 is 0 Å². The van der Waals surface area contributed by atoms with E-state index in [-0.39, 0.29) is 0 Å². The van der Waals surface area contributed by atoms with Gasteiger partial charge in [0.2, 0.25) is 0 Å². The van der Waals surface area contributed by atoms with E-state index in [1.165, 1.54) is 19.4 Å². The largest absolute Gasteiger partial charge is 0.381 e. The highest BCUT2D eigenvalue weighted by Crippen LogP contribution is 2.17. The van der Waals surface area contributed by atoms with E-state index in [0.29, 0.717) is 18.0 Å². The molecule has 3 heteroatoms. The Morgan fingerprint density at radius 2 is 2.00 bits per heavy atom. The molecule has 0 aromatic carbocycles. The number of rotatable bonds is 7. The van der Waals surface area contributed by atoms with Gasteiger partial charge in [-0.25, -0.2) is 0 Å². The predicted molar refractivity (Wildman–Crippen MR) is 77.9 cm³/mol. The lowest BCUT2D eigenvalue weighted by Crippen LogP contribution is -2.47. The van der Waals surface area contributed by atoms with Crippen LogP contribution in [0, 0.1) is 11.8 Å². The quantitative estimate of drug-likeness (QED) is 0.757. The molecular formula is C15H32N2O. The van der Waals surface area contributed by atoms with Crippen molar-refractivity contribution in [2.75, 3.05) is 33.4 Å². The fourth-order valence-electron chi connectivity index (χ4n) is 2.75. The Morgan fingerprint density at radius 3 is 2.50 bits per heavy atom. The summed E-state index contributed by atoms with van der Waals surface area (Å²) >= 11 is 0. The maximum Gasteiger partial charge on any atom is 0.0506 e. The Kier molecular flexibility index (Phi) is 7.20. The number of nitrogens with one attached hydrogen (secondary N) is 1. The number of ether oxygens (including phenoxy) is 1. The van der Waals surface area contributed by atoms with Crippen molar-refractivity contribution in [2.24, 2.45) is 11.8 Å². The first-order valence-corrected chi connectivity index (χ1v) is 7.52. The van der Waals surface area contributed by atoms with Crippen molar-refractivity contribution in [3.63, 3.8) is 0 Å². The molecule has 2 unspecified atom stereocenters. The molecule has 1 heterocycles. The lowest BCUT2D eigenvalue weighted by Gasteiger charge is -2.35. The van der Waals surface area contributed by atoms with Gasteiger partial charge in [-0.3, -0.25) is 0 Å². The molecule has 0 radical (unpaired) electrons. The third-order valence-corrected chi connectivity index (χ3v) is 3.87. The molecule has 0 bridgehead atoms. The van der Waals surface area contributed by atoms with Crippen LogP contribution in [0.25, 0.3) is 0 Å². The van der Waals surface area contributed by atoms with Gasteiger partial charge in [0.25, 0.3) is 0 Å². The van der Waals surface area contributed by atoms with E-state index in [4.69, 9.17) is 4.74 Å². The van der Waals surface area contributed by atoms with Crippen LogP contribution in [-0.2, 0) is 4.74 Å². The normalized spacial score (nSPS) is 23.0. The van der Waals surface area contributed by atoms with Crippen LogP contribution in [0.5, 0.6) is 0 Å². The SMILES string of the molecule is CC(C)NCC(C(C)C)N(C)CC1CCCOC1. The number of nitrogens with zero attached hydrogens (tertiary/aromatic N) is 1. The smallest absolute Gasteiger partial charge is 0.0506 e. The van der Waals surface area contributed by atoms with Crippen molar-refractivity contribution in [3.05, 3.63) is 0 Å². The summed E-state index contributed by atoms with van der Waals surface area (Å²) < 4.78 is 5.58. The molecule has 1 aliphatic rings. The summed E-state index contributed by atoms with van der Waals surface area (Å²) in [6, 6.07) is 1.19. The standard InChI is InChI=1S/C15H32N2O/c1-12(2)15(9-16-13(3)4)17(5)10-14-7-6-8-18-11-14/h12-16H,6-11H2,1-5H3. The van der Waals surface area contributed by atoms with Crippen molar-refractivity contribution in [3.8, 4) is 0 Å². The van der Waals surface area contributed by atoms with Gasteiger partial charge in [0, 0.05) is 31.8 Å². The second kappa shape index (κ2) is 8.13. The highest BCUT2D eigenvalue weighted by atomic mass is 16.5. The molecule has 108 valence electrons. The maximum atomic E-state index is 5.58. The van der Waals surface area contributed by atoms with E-state index in [9.17, 15) is 0 Å². The summed E-state index contributed by atoms with van der Waals surface area (Å²) in [4.78, 5) is 2.53. The zero-order valence-electron chi connectivity index (χ0n) is 12.9. The number of likely N-dealkylation sites (N-methyl/N-ethyl adjacent to an activating group) is 1. The van der Waals surface area contributed by atoms with E-state index in [2.05, 4.69) is 45.0 Å². The molecule has 1 N–H and O–H groups in total. The highest BCUT2D eigenvalue weighted by Gasteiger charge is 2.23. The van der Waals surface area contributed by atoms with Gasteiger partial charge >= 0.3 is 0 Å². The summed E-state index contributed by atoms with van der Waals surface area (Å²) in [5.41, 5.74) is 0. The Labute approximate surface area is 113 Å². The van der Waals surface area contributed by atoms with Gasteiger partial charge < -0.3 is 15.0 Å². The summed E-state index contributed by atoms with van der Waals surface area (Å²) in [6.07, 6.45) is 2.56. The average molecular weight is 256 g/mol. The first-order chi connectivity index (χ1) is 8.50. The second-order valence-electron chi connectivity index (χ2n) is 6.40. The number of hydrogen-bond acceptors (Lipinski definition) is 3. The summed E-state index contributed by atoms with van der Waals surface area (Å²) in [5, 5.41) is 3.57. The molecule has 0 amide bonds. The Bertz CT molecular complexity index is 213. The Morgan fingerprint density at radius 1 is 1.28 bits per heavy atom. The molecule has 1 aliphatic heterocycles. The van der Waals surface area contributed by atoms with Gasteiger partial charge in [-0.05, 0) is 31.7 Å². The third kappa shape index (κ3) is 5.68.